The van der Waals surface area contributed by atoms with Gasteiger partial charge in [-0.05, 0) is 35.5 Å². The normalized spacial score (nSPS) is 16.9. The highest BCUT2D eigenvalue weighted by molar-refractivity contribution is 8.18. The number of halogens is 1. The fraction of sp³-hybridized carbons (Fsp3) is 0.111. The second-order valence-electron chi connectivity index (χ2n) is 5.88. The zero-order chi connectivity index (χ0) is 19.8. The summed E-state index contributed by atoms with van der Waals surface area (Å²) in [6.07, 6.45) is 1.32. The van der Waals surface area contributed by atoms with E-state index in [1.807, 2.05) is 0 Å². The molecule has 142 valence electrons. The van der Waals surface area contributed by atoms with Gasteiger partial charge in [0.15, 0.2) is 11.5 Å². The van der Waals surface area contributed by atoms with Crippen LogP contribution in [0, 0.1) is 10.1 Å². The summed E-state index contributed by atoms with van der Waals surface area (Å²) in [6, 6.07) is 9.55. The third-order valence-electron chi connectivity index (χ3n) is 4.17. The van der Waals surface area contributed by atoms with Gasteiger partial charge in [0.25, 0.3) is 16.8 Å². The van der Waals surface area contributed by atoms with E-state index < -0.39 is 16.1 Å². The molecule has 4 rings (SSSR count). The number of hydrogen-bond acceptors (Lipinski definition) is 7. The topological polar surface area (TPSA) is 99.0 Å². The van der Waals surface area contributed by atoms with Crippen molar-refractivity contribution in [2.75, 3.05) is 6.79 Å². The van der Waals surface area contributed by atoms with E-state index in [2.05, 4.69) is 0 Å². The van der Waals surface area contributed by atoms with Gasteiger partial charge in [0.2, 0.25) is 6.79 Å². The molecule has 0 radical (unpaired) electrons. The quantitative estimate of drug-likeness (QED) is 0.416. The summed E-state index contributed by atoms with van der Waals surface area (Å²) in [7, 11) is 0. The zero-order valence-corrected chi connectivity index (χ0v) is 15.7. The van der Waals surface area contributed by atoms with Gasteiger partial charge < -0.3 is 9.47 Å². The molecule has 8 nitrogen and oxygen atoms in total. The molecular weight excluding hydrogens is 408 g/mol. The van der Waals surface area contributed by atoms with Crippen LogP contribution in [0.1, 0.15) is 11.1 Å². The molecule has 2 aliphatic heterocycles. The van der Waals surface area contributed by atoms with Crippen molar-refractivity contribution in [3.63, 3.8) is 0 Å². The maximum atomic E-state index is 12.7. The van der Waals surface area contributed by atoms with Gasteiger partial charge in [0.1, 0.15) is 0 Å². The van der Waals surface area contributed by atoms with E-state index in [1.165, 1.54) is 18.2 Å². The molecule has 0 aliphatic carbocycles. The number of fused-ring (bicyclic) bond motifs is 1. The average molecular weight is 419 g/mol. The first-order chi connectivity index (χ1) is 13.4. The second-order valence-corrected chi connectivity index (χ2v) is 7.28. The fourth-order valence-electron chi connectivity index (χ4n) is 2.80. The molecule has 1 fully saturated rings. The van der Waals surface area contributed by atoms with Crippen molar-refractivity contribution in [2.24, 2.45) is 0 Å². The number of carbonyl (C=O) groups excluding carboxylic acids is 2. The lowest BCUT2D eigenvalue weighted by Crippen LogP contribution is -2.27. The number of nitro groups is 1. The number of imide groups is 1. The zero-order valence-electron chi connectivity index (χ0n) is 14.1. The standard InChI is InChI=1S/C18H11ClN2O6S/c19-12-4-2-1-3-10(12)8-20-17(22)16(28-18(20)23)6-11-5-14-15(27-9-26-14)7-13(11)21(24)25/h1-7H,8-9H2/b16-6-. The fourth-order valence-corrected chi connectivity index (χ4v) is 3.82. The lowest BCUT2D eigenvalue weighted by Gasteiger charge is -2.13. The Kier molecular flexibility index (Phi) is 4.70. The summed E-state index contributed by atoms with van der Waals surface area (Å²) in [4.78, 5) is 36.9. The van der Waals surface area contributed by atoms with Gasteiger partial charge in [-0.25, -0.2) is 0 Å². The van der Waals surface area contributed by atoms with Crippen LogP contribution < -0.4 is 9.47 Å². The summed E-state index contributed by atoms with van der Waals surface area (Å²) in [6.45, 7) is -0.0186. The van der Waals surface area contributed by atoms with Crippen LogP contribution in [0.3, 0.4) is 0 Å². The minimum Gasteiger partial charge on any atom is -0.454 e. The van der Waals surface area contributed by atoms with Crippen molar-refractivity contribution in [3.8, 4) is 11.5 Å². The molecule has 1 saturated heterocycles. The summed E-state index contributed by atoms with van der Waals surface area (Å²) in [5.74, 6) is 0.0599. The molecular formula is C18H11ClN2O6S. The van der Waals surface area contributed by atoms with Crippen LogP contribution in [0.5, 0.6) is 11.5 Å². The van der Waals surface area contributed by atoms with Crippen molar-refractivity contribution in [2.45, 2.75) is 6.54 Å². The summed E-state index contributed by atoms with van der Waals surface area (Å²) < 4.78 is 10.4. The van der Waals surface area contributed by atoms with Crippen molar-refractivity contribution in [1.29, 1.82) is 0 Å². The molecule has 2 amide bonds. The van der Waals surface area contributed by atoms with Crippen molar-refractivity contribution >= 4 is 46.3 Å². The monoisotopic (exact) mass is 418 g/mol. The van der Waals surface area contributed by atoms with Crippen molar-refractivity contribution < 1.29 is 24.0 Å². The highest BCUT2D eigenvalue weighted by Crippen LogP contribution is 2.41. The molecule has 0 N–H and O–H groups in total. The molecule has 28 heavy (non-hydrogen) atoms. The number of amides is 2. The largest absolute Gasteiger partial charge is 0.454 e. The number of hydrogen-bond donors (Lipinski definition) is 0. The first-order valence-corrected chi connectivity index (χ1v) is 9.20. The number of benzene rings is 2. The Morgan fingerprint density at radius 1 is 1.21 bits per heavy atom. The Morgan fingerprint density at radius 2 is 1.93 bits per heavy atom. The molecule has 0 bridgehead atoms. The molecule has 0 spiro atoms. The third kappa shape index (κ3) is 3.30. The minimum absolute atomic E-state index is 0.0188. The van der Waals surface area contributed by atoms with Gasteiger partial charge >= 0.3 is 0 Å². The van der Waals surface area contributed by atoms with Gasteiger partial charge in [-0.3, -0.25) is 24.6 Å². The Balaban J connectivity index is 1.66. The molecule has 0 aromatic heterocycles. The maximum Gasteiger partial charge on any atom is 0.293 e. The van der Waals surface area contributed by atoms with Gasteiger partial charge in [0.05, 0.1) is 28.0 Å². The van der Waals surface area contributed by atoms with Crippen LogP contribution in [0.4, 0.5) is 10.5 Å². The first kappa shape index (κ1) is 18.3. The Morgan fingerprint density at radius 3 is 2.64 bits per heavy atom. The number of ether oxygens (including phenoxy) is 2. The molecule has 2 aliphatic rings. The minimum atomic E-state index is -0.582. The number of nitrogens with zero attached hydrogens (tertiary/aromatic N) is 2. The predicted molar refractivity (Wildman–Crippen MR) is 102 cm³/mol. The lowest BCUT2D eigenvalue weighted by atomic mass is 10.1. The molecule has 2 aromatic carbocycles. The van der Waals surface area contributed by atoms with Crippen LogP contribution in [0.15, 0.2) is 41.3 Å². The average Bonchev–Trinajstić information content (AvgIpc) is 3.22. The lowest BCUT2D eigenvalue weighted by molar-refractivity contribution is -0.385. The summed E-state index contributed by atoms with van der Waals surface area (Å²) in [5, 5.41) is 11.3. The number of nitro benzene ring substituents is 1. The Bertz CT molecular complexity index is 1050. The van der Waals surface area contributed by atoms with E-state index in [0.717, 1.165) is 4.90 Å². The SMILES string of the molecule is O=C1S/C(=C\c2cc3c(cc2[N+](=O)[O-])OCO3)C(=O)N1Cc1ccccc1Cl. The van der Waals surface area contributed by atoms with Crippen LogP contribution >= 0.6 is 23.4 Å². The van der Waals surface area contributed by atoms with Crippen LogP contribution in [0.25, 0.3) is 6.08 Å². The van der Waals surface area contributed by atoms with Gasteiger partial charge in [-0.2, -0.15) is 0 Å². The summed E-state index contributed by atoms with van der Waals surface area (Å²) in [5.41, 5.74) is 0.529. The van der Waals surface area contributed by atoms with Crippen molar-refractivity contribution in [3.05, 3.63) is 67.6 Å². The Labute approximate surface area is 167 Å². The molecule has 0 unspecified atom stereocenters. The first-order valence-electron chi connectivity index (χ1n) is 8.01. The van der Waals surface area contributed by atoms with E-state index in [0.29, 0.717) is 28.1 Å². The molecule has 10 heteroatoms. The molecule has 2 heterocycles. The van der Waals surface area contributed by atoms with Gasteiger partial charge in [-0.15, -0.1) is 0 Å². The van der Waals surface area contributed by atoms with E-state index in [-0.39, 0.29) is 35.2 Å². The van der Waals surface area contributed by atoms with E-state index in [1.54, 1.807) is 24.3 Å². The van der Waals surface area contributed by atoms with Gasteiger partial charge in [0, 0.05) is 5.02 Å². The number of rotatable bonds is 4. The van der Waals surface area contributed by atoms with Crippen LogP contribution in [-0.2, 0) is 11.3 Å². The van der Waals surface area contributed by atoms with E-state index >= 15 is 0 Å². The predicted octanol–water partition coefficient (Wildman–Crippen LogP) is 4.21. The third-order valence-corrected chi connectivity index (χ3v) is 5.44. The molecule has 0 saturated carbocycles. The summed E-state index contributed by atoms with van der Waals surface area (Å²) >= 11 is 6.82. The van der Waals surface area contributed by atoms with Gasteiger partial charge in [-0.1, -0.05) is 29.8 Å². The molecule has 2 aromatic rings. The van der Waals surface area contributed by atoms with Crippen LogP contribution in [-0.4, -0.2) is 27.8 Å². The highest BCUT2D eigenvalue weighted by Gasteiger charge is 2.36. The second kappa shape index (κ2) is 7.17. The number of thioether (sulfide) groups is 1. The Hall–Kier alpha value is -3.04. The van der Waals surface area contributed by atoms with Crippen molar-refractivity contribution in [1.82, 2.24) is 4.90 Å². The van der Waals surface area contributed by atoms with Crippen LogP contribution in [0.2, 0.25) is 5.02 Å². The number of carbonyl (C=O) groups is 2. The smallest absolute Gasteiger partial charge is 0.293 e. The van der Waals surface area contributed by atoms with E-state index in [9.17, 15) is 19.7 Å². The van der Waals surface area contributed by atoms with E-state index in [4.69, 9.17) is 21.1 Å². The molecule has 0 atom stereocenters. The maximum absolute atomic E-state index is 12.7. The highest BCUT2D eigenvalue weighted by atomic mass is 35.5.